The number of rotatable bonds is 3. The van der Waals surface area contributed by atoms with E-state index in [-0.39, 0.29) is 12.4 Å². The Hall–Kier alpha value is -0.830. The molecule has 1 nitrogen and oxygen atoms in total. The minimum absolute atomic E-state index is 0. The number of fused-ring (bicyclic) bond motifs is 3. The Morgan fingerprint density at radius 2 is 2.05 bits per heavy atom. The summed E-state index contributed by atoms with van der Waals surface area (Å²) in [4.78, 5) is 2.34. The summed E-state index contributed by atoms with van der Waals surface area (Å²) in [7, 11) is 4.40. The first-order valence-corrected chi connectivity index (χ1v) is 8.93. The highest BCUT2D eigenvalue weighted by Crippen LogP contribution is 2.50. The Bertz CT molecular complexity index is 700. The van der Waals surface area contributed by atoms with Gasteiger partial charge in [0.25, 0.3) is 0 Å². The van der Waals surface area contributed by atoms with Crippen LogP contribution in [0.15, 0.2) is 35.2 Å². The van der Waals surface area contributed by atoms with E-state index in [1.165, 1.54) is 41.3 Å². The van der Waals surface area contributed by atoms with Gasteiger partial charge in [-0.05, 0) is 85.7 Å². The van der Waals surface area contributed by atoms with Crippen LogP contribution in [0.25, 0.3) is 15.7 Å². The van der Waals surface area contributed by atoms with Gasteiger partial charge in [-0.25, -0.2) is 0 Å². The van der Waals surface area contributed by atoms with Gasteiger partial charge in [0.1, 0.15) is 0 Å². The molecule has 0 saturated heterocycles. The number of benzene rings is 1. The molecule has 1 aromatic carbocycles. The number of likely N-dealkylation sites (N-methyl/N-ethyl adjacent to an activating group) is 1. The van der Waals surface area contributed by atoms with E-state index in [0.717, 1.165) is 18.4 Å². The maximum Gasteiger partial charge on any atom is 0.0348 e. The van der Waals surface area contributed by atoms with Crippen LogP contribution in [0.4, 0.5) is 0 Å². The van der Waals surface area contributed by atoms with Crippen LogP contribution in [0, 0.1) is 11.8 Å². The third-order valence-electron chi connectivity index (χ3n) is 5.16. The molecule has 1 fully saturated rings. The molecule has 3 heteroatoms. The van der Waals surface area contributed by atoms with Gasteiger partial charge in [-0.2, -0.15) is 0 Å². The Morgan fingerprint density at radius 3 is 2.86 bits per heavy atom. The Labute approximate surface area is 143 Å². The summed E-state index contributed by atoms with van der Waals surface area (Å²) in [5, 5.41) is 3.71. The van der Waals surface area contributed by atoms with E-state index < -0.39 is 0 Å². The van der Waals surface area contributed by atoms with Gasteiger partial charge in [0, 0.05) is 11.2 Å². The van der Waals surface area contributed by atoms with E-state index >= 15 is 0 Å². The molecule has 2 aliphatic rings. The fraction of sp³-hybridized carbons (Fsp3) is 0.474. The molecule has 22 heavy (non-hydrogen) atoms. The minimum atomic E-state index is 0. The van der Waals surface area contributed by atoms with Gasteiger partial charge < -0.3 is 4.90 Å². The van der Waals surface area contributed by atoms with E-state index in [2.05, 4.69) is 48.6 Å². The van der Waals surface area contributed by atoms with Crippen molar-refractivity contribution in [3.05, 3.63) is 40.8 Å². The highest BCUT2D eigenvalue weighted by Gasteiger charge is 2.35. The van der Waals surface area contributed by atoms with Crippen molar-refractivity contribution in [2.45, 2.75) is 25.7 Å². The average Bonchev–Trinajstić information content (AvgIpc) is 3.05. The molecule has 0 unspecified atom stereocenters. The van der Waals surface area contributed by atoms with Gasteiger partial charge in [-0.3, -0.25) is 0 Å². The number of allylic oxidation sites excluding steroid dienone is 1. The molecular weight excluding hydrogens is 310 g/mol. The average molecular weight is 334 g/mol. The monoisotopic (exact) mass is 333 g/mol. The number of nitrogens with zero attached hydrogens (tertiary/aromatic N) is 1. The highest BCUT2D eigenvalue weighted by molar-refractivity contribution is 7.17. The standard InChI is InChI=1S/C19H23NS.ClH/c1-20(2)12-15-11-13-6-7-14(10-13)19(15)17-4-3-5-18-16(17)8-9-21-18;/h3-5,8-9,13-14H,6-7,10-12H2,1-2H3;1H/t13-,14+;/m0./s1. The molecule has 118 valence electrons. The Kier molecular flexibility index (Phi) is 4.63. The number of thiophene rings is 1. The van der Waals surface area contributed by atoms with Crippen LogP contribution in [0.3, 0.4) is 0 Å². The summed E-state index contributed by atoms with van der Waals surface area (Å²) in [5.74, 6) is 1.76. The first kappa shape index (κ1) is 16.0. The van der Waals surface area contributed by atoms with Crippen LogP contribution >= 0.6 is 23.7 Å². The lowest BCUT2D eigenvalue weighted by Gasteiger charge is -2.29. The molecule has 1 saturated carbocycles. The topological polar surface area (TPSA) is 3.24 Å². The molecule has 4 rings (SSSR count). The van der Waals surface area contributed by atoms with Crippen molar-refractivity contribution in [2.75, 3.05) is 20.6 Å². The van der Waals surface area contributed by atoms with Gasteiger partial charge in [0.15, 0.2) is 0 Å². The van der Waals surface area contributed by atoms with E-state index in [4.69, 9.17) is 0 Å². The molecule has 2 atom stereocenters. The summed E-state index contributed by atoms with van der Waals surface area (Å²) >= 11 is 1.87. The summed E-state index contributed by atoms with van der Waals surface area (Å²) in [6, 6.07) is 9.18. The summed E-state index contributed by atoms with van der Waals surface area (Å²) < 4.78 is 1.43. The largest absolute Gasteiger partial charge is 0.305 e. The number of hydrogen-bond acceptors (Lipinski definition) is 2. The van der Waals surface area contributed by atoms with Crippen LogP contribution in [0.1, 0.15) is 31.2 Å². The Balaban J connectivity index is 0.00000144. The van der Waals surface area contributed by atoms with Crippen molar-refractivity contribution in [1.29, 1.82) is 0 Å². The molecule has 0 aliphatic heterocycles. The van der Waals surface area contributed by atoms with Gasteiger partial charge in [0.05, 0.1) is 0 Å². The van der Waals surface area contributed by atoms with E-state index in [9.17, 15) is 0 Å². The van der Waals surface area contributed by atoms with Crippen LogP contribution < -0.4 is 0 Å². The van der Waals surface area contributed by atoms with Crippen molar-refractivity contribution in [3.63, 3.8) is 0 Å². The minimum Gasteiger partial charge on any atom is -0.305 e. The third kappa shape index (κ3) is 2.73. The zero-order valence-corrected chi connectivity index (χ0v) is 15.0. The number of hydrogen-bond donors (Lipinski definition) is 0. The predicted molar refractivity (Wildman–Crippen MR) is 100.0 cm³/mol. The maximum absolute atomic E-state index is 2.36. The van der Waals surface area contributed by atoms with Crippen molar-refractivity contribution in [2.24, 2.45) is 11.8 Å². The maximum atomic E-state index is 2.36. The van der Waals surface area contributed by atoms with Crippen LogP contribution in [-0.2, 0) is 0 Å². The molecule has 2 aliphatic carbocycles. The van der Waals surface area contributed by atoms with E-state index in [0.29, 0.717) is 0 Å². The lowest BCUT2D eigenvalue weighted by atomic mass is 9.79. The molecular formula is C19H24ClNS. The molecule has 0 spiro atoms. The zero-order chi connectivity index (χ0) is 14.4. The van der Waals surface area contributed by atoms with E-state index in [1.54, 1.807) is 11.1 Å². The summed E-state index contributed by atoms with van der Waals surface area (Å²) in [6.07, 6.45) is 5.58. The number of halogens is 1. The molecule has 1 heterocycles. The molecule has 2 aromatic rings. The van der Waals surface area contributed by atoms with Gasteiger partial charge in [-0.15, -0.1) is 23.7 Å². The molecule has 1 aromatic heterocycles. The fourth-order valence-electron chi connectivity index (χ4n) is 4.44. The lowest BCUT2D eigenvalue weighted by molar-refractivity contribution is 0.413. The van der Waals surface area contributed by atoms with Gasteiger partial charge >= 0.3 is 0 Å². The van der Waals surface area contributed by atoms with Gasteiger partial charge in [-0.1, -0.05) is 17.7 Å². The Morgan fingerprint density at radius 1 is 1.18 bits per heavy atom. The lowest BCUT2D eigenvalue weighted by Crippen LogP contribution is -2.21. The first-order valence-electron chi connectivity index (χ1n) is 8.05. The van der Waals surface area contributed by atoms with Crippen molar-refractivity contribution in [3.8, 4) is 0 Å². The summed E-state index contributed by atoms with van der Waals surface area (Å²) in [6.45, 7) is 1.13. The first-order chi connectivity index (χ1) is 10.2. The summed E-state index contributed by atoms with van der Waals surface area (Å²) in [5.41, 5.74) is 4.93. The van der Waals surface area contributed by atoms with Crippen molar-refractivity contribution >= 4 is 39.4 Å². The normalized spacial score (nSPS) is 24.1. The fourth-order valence-corrected chi connectivity index (χ4v) is 5.25. The second-order valence-electron chi connectivity index (χ2n) is 6.97. The van der Waals surface area contributed by atoms with Gasteiger partial charge in [0.2, 0.25) is 0 Å². The quantitative estimate of drug-likeness (QED) is 0.721. The SMILES string of the molecule is CN(C)CC1=C(c2cccc3sccc23)[C@@H]2CC[C@H](C1)C2.Cl. The highest BCUT2D eigenvalue weighted by atomic mass is 35.5. The molecule has 0 N–H and O–H groups in total. The van der Waals surface area contributed by atoms with Crippen molar-refractivity contribution < 1.29 is 0 Å². The molecule has 2 bridgehead atoms. The van der Waals surface area contributed by atoms with Crippen LogP contribution in [0.2, 0.25) is 0 Å². The predicted octanol–water partition coefficient (Wildman–Crippen LogP) is 5.46. The van der Waals surface area contributed by atoms with E-state index in [1.807, 2.05) is 11.3 Å². The second kappa shape index (κ2) is 6.35. The second-order valence-corrected chi connectivity index (χ2v) is 7.92. The molecule has 0 amide bonds. The zero-order valence-electron chi connectivity index (χ0n) is 13.3. The van der Waals surface area contributed by atoms with Crippen molar-refractivity contribution in [1.82, 2.24) is 4.90 Å². The van der Waals surface area contributed by atoms with Crippen LogP contribution in [0.5, 0.6) is 0 Å². The third-order valence-corrected chi connectivity index (χ3v) is 6.04. The smallest absolute Gasteiger partial charge is 0.0348 e. The molecule has 0 radical (unpaired) electrons. The van der Waals surface area contributed by atoms with Crippen LogP contribution in [-0.4, -0.2) is 25.5 Å².